The quantitative estimate of drug-likeness (QED) is 0.762. The summed E-state index contributed by atoms with van der Waals surface area (Å²) in [6.07, 6.45) is 1.05. The molecule has 14 heavy (non-hydrogen) atoms. The summed E-state index contributed by atoms with van der Waals surface area (Å²) >= 11 is 1.62. The number of rotatable bonds is 5. The molecular weight excluding hydrogens is 198 g/mol. The molecule has 1 unspecified atom stereocenters. The summed E-state index contributed by atoms with van der Waals surface area (Å²) in [6.45, 7) is 2.24. The monoisotopic (exact) mass is 213 g/mol. The van der Waals surface area contributed by atoms with Gasteiger partial charge in [-0.3, -0.25) is 4.79 Å². The molecule has 4 heteroatoms. The summed E-state index contributed by atoms with van der Waals surface area (Å²) in [7, 11) is 0. The minimum absolute atomic E-state index is 0.0422. The largest absolute Gasteiger partial charge is 0.466 e. The van der Waals surface area contributed by atoms with Crippen LogP contribution in [0, 0.1) is 0 Å². The molecule has 0 aliphatic heterocycles. The number of ether oxygens (including phenoxy) is 1. The predicted molar refractivity (Wildman–Crippen MR) is 57.1 cm³/mol. The van der Waals surface area contributed by atoms with Gasteiger partial charge in [0.1, 0.15) is 0 Å². The van der Waals surface area contributed by atoms with Crippen molar-refractivity contribution in [3.8, 4) is 0 Å². The van der Waals surface area contributed by atoms with Crippen molar-refractivity contribution in [2.24, 2.45) is 5.73 Å². The zero-order valence-corrected chi connectivity index (χ0v) is 9.05. The fraction of sp³-hybridized carbons (Fsp3) is 0.500. The average molecular weight is 213 g/mol. The van der Waals surface area contributed by atoms with Gasteiger partial charge in [-0.05, 0) is 24.8 Å². The molecule has 0 bridgehead atoms. The van der Waals surface area contributed by atoms with Crippen molar-refractivity contribution in [3.63, 3.8) is 0 Å². The van der Waals surface area contributed by atoms with E-state index in [1.54, 1.807) is 18.3 Å². The summed E-state index contributed by atoms with van der Waals surface area (Å²) in [4.78, 5) is 12.2. The number of nitrogens with two attached hydrogens (primary N) is 1. The Bertz CT molecular complexity index is 272. The standard InChI is InChI=1S/C10H15NO2S/c1-2-13-10(12)6-5-8(11)9-4-3-7-14-9/h3-4,7-8H,2,5-6,11H2,1H3. The number of hydrogen-bond acceptors (Lipinski definition) is 4. The first-order chi connectivity index (χ1) is 6.74. The van der Waals surface area contributed by atoms with E-state index >= 15 is 0 Å². The van der Waals surface area contributed by atoms with E-state index < -0.39 is 0 Å². The summed E-state index contributed by atoms with van der Waals surface area (Å²) in [5.74, 6) is -0.167. The lowest BCUT2D eigenvalue weighted by atomic mass is 10.1. The second kappa shape index (κ2) is 5.78. The first-order valence-electron chi connectivity index (χ1n) is 4.68. The van der Waals surface area contributed by atoms with Crippen LogP contribution in [0.3, 0.4) is 0 Å². The Labute approximate surface area is 87.9 Å². The van der Waals surface area contributed by atoms with Crippen LogP contribution in [0.25, 0.3) is 0 Å². The van der Waals surface area contributed by atoms with Crippen molar-refractivity contribution >= 4 is 17.3 Å². The first-order valence-corrected chi connectivity index (χ1v) is 5.56. The molecule has 1 aromatic rings. The molecule has 2 N–H and O–H groups in total. The third-order valence-electron chi connectivity index (χ3n) is 1.87. The second-order valence-electron chi connectivity index (χ2n) is 2.97. The van der Waals surface area contributed by atoms with Gasteiger partial charge in [0, 0.05) is 17.3 Å². The van der Waals surface area contributed by atoms with Gasteiger partial charge in [0.05, 0.1) is 6.61 Å². The van der Waals surface area contributed by atoms with E-state index in [4.69, 9.17) is 10.5 Å². The maximum atomic E-state index is 11.0. The fourth-order valence-corrected chi connectivity index (χ4v) is 1.92. The molecule has 0 radical (unpaired) electrons. The van der Waals surface area contributed by atoms with Crippen molar-refractivity contribution in [2.45, 2.75) is 25.8 Å². The Hall–Kier alpha value is -0.870. The van der Waals surface area contributed by atoms with Crippen LogP contribution in [0.15, 0.2) is 17.5 Å². The van der Waals surface area contributed by atoms with Crippen molar-refractivity contribution in [2.75, 3.05) is 6.61 Å². The molecule has 1 atom stereocenters. The van der Waals surface area contributed by atoms with Crippen molar-refractivity contribution in [1.29, 1.82) is 0 Å². The summed E-state index contributed by atoms with van der Waals surface area (Å²) in [6, 6.07) is 3.91. The molecule has 0 fully saturated rings. The molecule has 0 saturated carbocycles. The zero-order valence-electron chi connectivity index (χ0n) is 8.23. The van der Waals surface area contributed by atoms with E-state index in [-0.39, 0.29) is 12.0 Å². The molecule has 1 heterocycles. The Morgan fingerprint density at radius 1 is 1.71 bits per heavy atom. The Morgan fingerprint density at radius 3 is 3.07 bits per heavy atom. The lowest BCUT2D eigenvalue weighted by Gasteiger charge is -2.08. The highest BCUT2D eigenvalue weighted by Gasteiger charge is 2.09. The highest BCUT2D eigenvalue weighted by Crippen LogP contribution is 2.20. The fourth-order valence-electron chi connectivity index (χ4n) is 1.15. The van der Waals surface area contributed by atoms with E-state index in [1.807, 2.05) is 17.5 Å². The molecule has 0 amide bonds. The van der Waals surface area contributed by atoms with Crippen LogP contribution < -0.4 is 5.73 Å². The maximum absolute atomic E-state index is 11.0. The highest BCUT2D eigenvalue weighted by molar-refractivity contribution is 7.10. The lowest BCUT2D eigenvalue weighted by Crippen LogP contribution is -2.12. The topological polar surface area (TPSA) is 52.3 Å². The smallest absolute Gasteiger partial charge is 0.305 e. The molecule has 0 aliphatic carbocycles. The van der Waals surface area contributed by atoms with Crippen LogP contribution in [0.5, 0.6) is 0 Å². The minimum Gasteiger partial charge on any atom is -0.466 e. The number of esters is 1. The number of carbonyl (C=O) groups excluding carboxylic acids is 1. The molecule has 0 spiro atoms. The normalized spacial score (nSPS) is 12.4. The van der Waals surface area contributed by atoms with Gasteiger partial charge in [-0.25, -0.2) is 0 Å². The average Bonchev–Trinajstić information content (AvgIpc) is 2.67. The van der Waals surface area contributed by atoms with Gasteiger partial charge in [-0.2, -0.15) is 0 Å². The molecule has 0 aliphatic rings. The molecule has 1 aromatic heterocycles. The SMILES string of the molecule is CCOC(=O)CCC(N)c1cccs1. The van der Waals surface area contributed by atoms with Crippen LogP contribution >= 0.6 is 11.3 Å². The Balaban J connectivity index is 2.28. The van der Waals surface area contributed by atoms with Crippen molar-refractivity contribution in [3.05, 3.63) is 22.4 Å². The molecule has 0 aromatic carbocycles. The highest BCUT2D eigenvalue weighted by atomic mass is 32.1. The lowest BCUT2D eigenvalue weighted by molar-refractivity contribution is -0.143. The van der Waals surface area contributed by atoms with Crippen LogP contribution in [0.2, 0.25) is 0 Å². The Morgan fingerprint density at radius 2 is 2.50 bits per heavy atom. The first kappa shape index (κ1) is 11.2. The number of hydrogen-bond donors (Lipinski definition) is 1. The molecular formula is C10H15NO2S. The summed E-state index contributed by atoms with van der Waals surface area (Å²) in [5, 5.41) is 1.99. The van der Waals surface area contributed by atoms with Gasteiger partial charge in [0.15, 0.2) is 0 Å². The molecule has 1 rings (SSSR count). The van der Waals surface area contributed by atoms with Gasteiger partial charge < -0.3 is 10.5 Å². The van der Waals surface area contributed by atoms with Crippen LogP contribution in [0.1, 0.15) is 30.7 Å². The van der Waals surface area contributed by atoms with E-state index in [1.165, 1.54) is 0 Å². The summed E-state index contributed by atoms with van der Waals surface area (Å²) in [5.41, 5.74) is 5.89. The third-order valence-corrected chi connectivity index (χ3v) is 2.88. The van der Waals surface area contributed by atoms with Gasteiger partial charge >= 0.3 is 5.97 Å². The van der Waals surface area contributed by atoms with E-state index in [0.29, 0.717) is 19.4 Å². The van der Waals surface area contributed by atoms with Gasteiger partial charge in [0.25, 0.3) is 0 Å². The maximum Gasteiger partial charge on any atom is 0.305 e. The van der Waals surface area contributed by atoms with Crippen molar-refractivity contribution in [1.82, 2.24) is 0 Å². The molecule has 78 valence electrons. The predicted octanol–water partition coefficient (Wildman–Crippen LogP) is 2.09. The minimum atomic E-state index is -0.167. The zero-order chi connectivity index (χ0) is 10.4. The number of carbonyl (C=O) groups is 1. The van der Waals surface area contributed by atoms with Gasteiger partial charge in [-0.1, -0.05) is 6.07 Å². The summed E-state index contributed by atoms with van der Waals surface area (Å²) < 4.78 is 4.82. The van der Waals surface area contributed by atoms with Gasteiger partial charge in [0.2, 0.25) is 0 Å². The van der Waals surface area contributed by atoms with E-state index in [9.17, 15) is 4.79 Å². The van der Waals surface area contributed by atoms with Gasteiger partial charge in [-0.15, -0.1) is 11.3 Å². The number of thiophene rings is 1. The molecule has 0 saturated heterocycles. The van der Waals surface area contributed by atoms with Crippen LogP contribution in [-0.4, -0.2) is 12.6 Å². The van der Waals surface area contributed by atoms with Crippen LogP contribution in [-0.2, 0) is 9.53 Å². The van der Waals surface area contributed by atoms with Crippen molar-refractivity contribution < 1.29 is 9.53 Å². The Kier molecular flexibility index (Phi) is 4.62. The van der Waals surface area contributed by atoms with E-state index in [0.717, 1.165) is 4.88 Å². The molecule has 3 nitrogen and oxygen atoms in total. The van der Waals surface area contributed by atoms with E-state index in [2.05, 4.69) is 0 Å². The third kappa shape index (κ3) is 3.47. The van der Waals surface area contributed by atoms with Crippen LogP contribution in [0.4, 0.5) is 0 Å². The second-order valence-corrected chi connectivity index (χ2v) is 3.94.